The second-order valence-electron chi connectivity index (χ2n) is 21.4. The van der Waals surface area contributed by atoms with Gasteiger partial charge in [-0.3, -0.25) is 13.4 Å². The number of rotatable bonds is 20. The zero-order chi connectivity index (χ0) is 68.4. The number of benzene rings is 9. The Kier molecular flexibility index (Phi) is 27.5. The lowest BCUT2D eigenvalue weighted by Crippen LogP contribution is -2.17. The molecule has 3 atom stereocenters. The number of nitriles is 1. The summed E-state index contributed by atoms with van der Waals surface area (Å²) in [6.45, 7) is 22.8. The van der Waals surface area contributed by atoms with E-state index in [2.05, 4.69) is 43.4 Å². The molecular weight excluding hydrogens is 1250 g/mol. The summed E-state index contributed by atoms with van der Waals surface area (Å²) in [5.74, 6) is 0.791. The lowest BCUT2D eigenvalue weighted by atomic mass is 9.93. The first kappa shape index (κ1) is 72.7. The Labute approximate surface area is 555 Å². The molecule has 0 aliphatic carbocycles. The van der Waals surface area contributed by atoms with Crippen molar-refractivity contribution in [2.75, 3.05) is 14.2 Å². The van der Waals surface area contributed by atoms with Crippen molar-refractivity contribution in [1.82, 2.24) is 0 Å². The van der Waals surface area contributed by atoms with Crippen LogP contribution in [0.1, 0.15) is 143 Å². The molecule has 0 aromatic heterocycles. The van der Waals surface area contributed by atoms with Crippen molar-refractivity contribution >= 4 is 95.8 Å². The third-order valence-electron chi connectivity index (χ3n) is 15.1. The number of aliphatic imine (C=N–C) groups is 1. The van der Waals surface area contributed by atoms with Gasteiger partial charge in [-0.2, -0.15) is 22.1 Å². The maximum atomic E-state index is 12.4. The van der Waals surface area contributed by atoms with Crippen LogP contribution in [0.25, 0.3) is 26.4 Å². The highest BCUT2D eigenvalue weighted by Crippen LogP contribution is 2.32. The first-order chi connectivity index (χ1) is 45.1. The van der Waals surface area contributed by atoms with Gasteiger partial charge in [0.15, 0.2) is 0 Å². The molecule has 0 spiro atoms. The molecule has 0 fully saturated rings. The number of oxime groups is 3. The number of nitrogens with zero attached hydrogens (tertiary/aromatic N) is 6. The van der Waals surface area contributed by atoms with E-state index in [1.165, 1.54) is 37.9 Å². The first-order valence-corrected chi connectivity index (χ1v) is 33.2. The number of methoxy groups -OCH3 is 2. The van der Waals surface area contributed by atoms with Gasteiger partial charge in [0.2, 0.25) is 5.69 Å². The lowest BCUT2D eigenvalue weighted by Gasteiger charge is -2.12. The quantitative estimate of drug-likeness (QED) is 0.0300. The highest BCUT2D eigenvalue weighted by atomic mass is 35.5. The summed E-state index contributed by atoms with van der Waals surface area (Å²) < 4.78 is 67.8. The molecule has 3 unspecified atom stereocenters. The van der Waals surface area contributed by atoms with Crippen LogP contribution in [0.5, 0.6) is 11.5 Å². The van der Waals surface area contributed by atoms with Gasteiger partial charge < -0.3 is 14.3 Å². The Morgan fingerprint density at radius 2 is 1.21 bits per heavy atom. The Hall–Kier alpha value is -10.3. The molecule has 20 heteroatoms. The Morgan fingerprint density at radius 1 is 0.617 bits per heavy atom. The average molecular weight is 1320 g/mol. The van der Waals surface area contributed by atoms with Crippen LogP contribution in [-0.4, -0.2) is 73.0 Å². The molecule has 0 bridgehead atoms. The predicted octanol–water partition coefficient (Wildman–Crippen LogP) is 17.5. The Morgan fingerprint density at radius 3 is 1.83 bits per heavy atom. The summed E-state index contributed by atoms with van der Waals surface area (Å²) in [5.41, 5.74) is 7.66. The van der Waals surface area contributed by atoms with E-state index in [1.807, 2.05) is 155 Å². The third kappa shape index (κ3) is 20.1. The second-order valence-corrected chi connectivity index (χ2v) is 25.3. The van der Waals surface area contributed by atoms with Crippen LogP contribution in [-0.2, 0) is 33.6 Å². The molecule has 0 saturated heterocycles. The number of hydrogen-bond acceptors (Lipinski definition) is 15. The van der Waals surface area contributed by atoms with Gasteiger partial charge >= 0.3 is 26.2 Å². The highest BCUT2D eigenvalue weighted by Gasteiger charge is 2.23. The number of hydrogen-bond donors (Lipinski definition) is 0. The number of para-hydroxylation sites is 1. The van der Waals surface area contributed by atoms with Crippen molar-refractivity contribution in [1.29, 1.82) is 5.26 Å². The van der Waals surface area contributed by atoms with Crippen molar-refractivity contribution in [2.45, 2.75) is 96.6 Å². The van der Waals surface area contributed by atoms with Crippen molar-refractivity contribution in [3.05, 3.63) is 260 Å². The molecular formula is C74H73ClN6O11S2. The second kappa shape index (κ2) is 35.5. The van der Waals surface area contributed by atoms with Gasteiger partial charge in [0, 0.05) is 28.5 Å². The molecule has 0 aliphatic heterocycles. The monoisotopic (exact) mass is 1320 g/mol. The molecule has 0 saturated carbocycles. The van der Waals surface area contributed by atoms with Crippen molar-refractivity contribution in [3.8, 4) is 17.6 Å². The predicted molar refractivity (Wildman–Crippen MR) is 374 cm³/mol. The molecule has 0 N–H and O–H groups in total. The van der Waals surface area contributed by atoms with E-state index in [4.69, 9.17) is 36.8 Å². The number of carbonyl (C=O) groups is 2. The normalized spacial score (nSPS) is 12.3. The standard InChI is InChI=1S/C21H19NO2.C20H17N3O2.C18H21NO4S.C15H16ClNO3S/c1-14-8-10-17(15(2)12-14)21(23)22-13-19-18-7-5-4-6-16(18)9-11-20(19)24-3;1-4-14(2)16-10-17(12-21)19(18(11-16)22-3)20(24)25-23-13-15-8-6-5-7-9-15;1-4-14(2)15-9-11-17(12-10-15)24(20,21)23-19-13-16-7-5-6-8-18(16)22-3;1-3-11(2)21(18,19)20-17-10-14-13-7-5-4-6-12(13)8-9-15(14)16/h4-13H,1-3H3;5-11,13-14H,4H2,1-2H3;5-14H,4H2,1-3H3;4-11H,3H2,1-2H3/b;23-13-;19-13-;17-10-. The number of halogens is 1. The average Bonchev–Trinajstić information content (AvgIpc) is 0.897. The maximum Gasteiger partial charge on any atom is 0.358 e. The topological polar surface area (TPSA) is 226 Å². The molecule has 1 amide bonds. The van der Waals surface area contributed by atoms with Crippen LogP contribution < -0.4 is 9.47 Å². The number of ether oxygens (including phenoxy) is 2. The van der Waals surface area contributed by atoms with Crippen LogP contribution in [0.4, 0.5) is 5.69 Å². The Bertz CT molecular complexity index is 4510. The Balaban J connectivity index is 0.000000199. The number of amides is 1. The lowest BCUT2D eigenvalue weighted by molar-refractivity contribution is 0.0520. The van der Waals surface area contributed by atoms with E-state index >= 15 is 0 Å². The fourth-order valence-corrected chi connectivity index (χ4v) is 10.7. The van der Waals surface area contributed by atoms with Gasteiger partial charge in [-0.25, -0.2) is 14.6 Å². The zero-order valence-corrected chi connectivity index (χ0v) is 56.2. The SMILES string of the molecule is CCC(C)S(=O)(=O)O/N=C\c1c(Cl)ccc2ccccc12.CCC(C)c1ccc(S(=O)(=O)O/N=C\c2ccccc2OC)cc1.COc1ccc2ccccc2c1C=NC(=O)c1ccc(C)cc1C.[C-]#[N+]c1cc(C(C)CC)cc(C#N)c1C(=O)O/N=C\c1ccccc1. The van der Waals surface area contributed by atoms with Gasteiger partial charge in [0.1, 0.15) is 16.4 Å². The molecule has 9 rings (SSSR count). The number of fused-ring (bicyclic) bond motifs is 2. The summed E-state index contributed by atoms with van der Waals surface area (Å²) in [6, 6.07) is 57.1. The smallest absolute Gasteiger partial charge is 0.358 e. The third-order valence-corrected chi connectivity index (χ3v) is 18.2. The molecule has 9 aromatic rings. The van der Waals surface area contributed by atoms with Crippen LogP contribution in [0.3, 0.4) is 0 Å². The van der Waals surface area contributed by atoms with Crippen LogP contribution in [0, 0.1) is 31.8 Å². The van der Waals surface area contributed by atoms with Crippen molar-refractivity contribution in [2.24, 2.45) is 20.5 Å². The molecule has 0 heterocycles. The van der Waals surface area contributed by atoms with E-state index < -0.39 is 31.5 Å². The summed E-state index contributed by atoms with van der Waals surface area (Å²) in [5, 5.41) is 24.1. The number of carbonyl (C=O) groups excluding carboxylic acids is 2. The molecule has 9 aromatic carbocycles. The summed E-state index contributed by atoms with van der Waals surface area (Å²) in [4.78, 5) is 37.3. The minimum Gasteiger partial charge on any atom is -0.496 e. The molecule has 0 aliphatic rings. The van der Waals surface area contributed by atoms with Crippen LogP contribution in [0.2, 0.25) is 5.02 Å². The fourth-order valence-electron chi connectivity index (χ4n) is 9.07. The molecule has 94 heavy (non-hydrogen) atoms. The van der Waals surface area contributed by atoms with E-state index in [-0.39, 0.29) is 33.5 Å². The van der Waals surface area contributed by atoms with E-state index in [0.717, 1.165) is 67.8 Å². The zero-order valence-electron chi connectivity index (χ0n) is 53.9. The minimum absolute atomic E-state index is 0.0465. The summed E-state index contributed by atoms with van der Waals surface area (Å²) in [7, 11) is -4.48. The van der Waals surface area contributed by atoms with Gasteiger partial charge in [0.05, 0.1) is 66.9 Å². The van der Waals surface area contributed by atoms with E-state index in [9.17, 15) is 31.7 Å². The first-order valence-electron chi connectivity index (χ1n) is 29.9. The van der Waals surface area contributed by atoms with Crippen LogP contribution in [0.15, 0.2) is 207 Å². The van der Waals surface area contributed by atoms with Gasteiger partial charge in [0.25, 0.3) is 5.91 Å². The minimum atomic E-state index is -3.94. The maximum absolute atomic E-state index is 12.4. The summed E-state index contributed by atoms with van der Waals surface area (Å²) >= 11 is 6.15. The van der Waals surface area contributed by atoms with E-state index in [0.29, 0.717) is 45.6 Å². The molecule has 17 nitrogen and oxygen atoms in total. The van der Waals surface area contributed by atoms with Gasteiger partial charge in [-0.05, 0) is 139 Å². The van der Waals surface area contributed by atoms with E-state index in [1.54, 1.807) is 75.7 Å². The van der Waals surface area contributed by atoms with Gasteiger partial charge in [-0.1, -0.05) is 206 Å². The molecule has 484 valence electrons. The van der Waals surface area contributed by atoms with Crippen molar-refractivity contribution in [3.63, 3.8) is 0 Å². The van der Waals surface area contributed by atoms with Crippen molar-refractivity contribution < 1.29 is 49.3 Å². The summed E-state index contributed by atoms with van der Waals surface area (Å²) in [6.07, 6.45) is 7.97. The highest BCUT2D eigenvalue weighted by molar-refractivity contribution is 7.87. The van der Waals surface area contributed by atoms with Crippen LogP contribution >= 0.6 is 11.6 Å². The fraction of sp³-hybridized carbons (Fsp3) is 0.216. The molecule has 0 radical (unpaired) electrons. The van der Waals surface area contributed by atoms with Gasteiger partial charge in [-0.15, -0.1) is 0 Å². The largest absolute Gasteiger partial charge is 0.496 e. The number of aryl methyl sites for hydroxylation is 2.